The lowest BCUT2D eigenvalue weighted by molar-refractivity contribution is -0.142. The van der Waals surface area contributed by atoms with Crippen molar-refractivity contribution in [1.29, 1.82) is 5.26 Å². The number of allylic oxidation sites excluding steroid dienone is 1. The molecule has 3 rings (SSSR count). The van der Waals surface area contributed by atoms with Crippen molar-refractivity contribution < 1.29 is 14.3 Å². The lowest BCUT2D eigenvalue weighted by atomic mass is 10.1. The maximum Gasteiger partial charge on any atom is 0.343 e. The summed E-state index contributed by atoms with van der Waals surface area (Å²) < 4.78 is 10.6. The van der Waals surface area contributed by atoms with Crippen molar-refractivity contribution in [2.75, 3.05) is 13.7 Å². The fraction of sp³-hybridized carbons (Fsp3) is 0.105. The lowest BCUT2D eigenvalue weighted by Gasteiger charge is -2.07. The Kier molecular flexibility index (Phi) is 5.34. The van der Waals surface area contributed by atoms with Crippen LogP contribution in [0.3, 0.4) is 0 Å². The number of methoxy groups -OCH3 is 1. The molecule has 0 amide bonds. The fourth-order valence-electron chi connectivity index (χ4n) is 2.32. The predicted molar refractivity (Wildman–Crippen MR) is 101 cm³/mol. The Balaban J connectivity index is 1.86. The summed E-state index contributed by atoms with van der Waals surface area (Å²) in [6, 6.07) is 15.1. The Morgan fingerprint density at radius 2 is 2.15 bits per heavy atom. The topological polar surface area (TPSA) is 88.0 Å². The molecule has 26 heavy (non-hydrogen) atoms. The molecular formula is C19H14BrN3O3. The Morgan fingerprint density at radius 1 is 1.35 bits per heavy atom. The van der Waals surface area contributed by atoms with Crippen LogP contribution in [0.5, 0.6) is 5.75 Å². The van der Waals surface area contributed by atoms with Crippen LogP contribution in [0, 0.1) is 11.3 Å². The van der Waals surface area contributed by atoms with Crippen LogP contribution >= 0.6 is 15.9 Å². The molecule has 3 aromatic rings. The summed E-state index contributed by atoms with van der Waals surface area (Å²) in [6.45, 7) is -0.174. The maximum absolute atomic E-state index is 11.2. The quantitative estimate of drug-likeness (QED) is 0.507. The van der Waals surface area contributed by atoms with Crippen LogP contribution in [-0.4, -0.2) is 29.7 Å². The molecule has 7 heteroatoms. The highest BCUT2D eigenvalue weighted by Gasteiger charge is 2.09. The SMILES string of the molecule is COC(=O)COc1ccc(C=C(C#N)c2nc3ccccc3[nH]2)cc1Br. The summed E-state index contributed by atoms with van der Waals surface area (Å²) >= 11 is 3.40. The van der Waals surface area contributed by atoms with E-state index in [-0.39, 0.29) is 6.61 Å². The second-order valence-electron chi connectivity index (χ2n) is 5.33. The first kappa shape index (κ1) is 17.7. The van der Waals surface area contributed by atoms with Gasteiger partial charge in [-0.05, 0) is 51.8 Å². The van der Waals surface area contributed by atoms with Gasteiger partial charge in [-0.3, -0.25) is 0 Å². The molecular weight excluding hydrogens is 398 g/mol. The van der Waals surface area contributed by atoms with Gasteiger partial charge in [0.1, 0.15) is 17.6 Å². The molecule has 0 atom stereocenters. The van der Waals surface area contributed by atoms with E-state index in [0.29, 0.717) is 21.6 Å². The number of imidazole rings is 1. The van der Waals surface area contributed by atoms with Crippen LogP contribution in [0.1, 0.15) is 11.4 Å². The number of carbonyl (C=O) groups excluding carboxylic acids is 1. The van der Waals surface area contributed by atoms with Gasteiger partial charge in [-0.15, -0.1) is 0 Å². The maximum atomic E-state index is 11.2. The molecule has 0 saturated heterocycles. The summed E-state index contributed by atoms with van der Waals surface area (Å²) in [7, 11) is 1.30. The minimum Gasteiger partial charge on any atom is -0.481 e. The minimum absolute atomic E-state index is 0.174. The standard InChI is InChI=1S/C19H14BrN3O3/c1-25-18(24)11-26-17-7-6-12(9-14(17)20)8-13(10-21)19-22-15-4-2-3-5-16(15)23-19/h2-9H,11H2,1H3,(H,22,23). The summed E-state index contributed by atoms with van der Waals surface area (Å²) in [5.41, 5.74) is 2.88. The zero-order chi connectivity index (χ0) is 18.5. The van der Waals surface area contributed by atoms with Crippen molar-refractivity contribution in [3.63, 3.8) is 0 Å². The zero-order valence-electron chi connectivity index (χ0n) is 13.8. The van der Waals surface area contributed by atoms with Crippen molar-refractivity contribution in [2.45, 2.75) is 0 Å². The average molecular weight is 412 g/mol. The van der Waals surface area contributed by atoms with Gasteiger partial charge >= 0.3 is 5.97 Å². The number of halogens is 1. The van der Waals surface area contributed by atoms with Crippen molar-refractivity contribution in [3.05, 3.63) is 58.3 Å². The third kappa shape index (κ3) is 3.92. The van der Waals surface area contributed by atoms with E-state index in [1.54, 1.807) is 24.3 Å². The fourth-order valence-corrected chi connectivity index (χ4v) is 2.83. The number of nitriles is 1. The van der Waals surface area contributed by atoms with E-state index in [9.17, 15) is 10.1 Å². The number of benzene rings is 2. The first-order valence-electron chi connectivity index (χ1n) is 7.67. The number of H-pyrrole nitrogens is 1. The van der Waals surface area contributed by atoms with E-state index in [1.807, 2.05) is 24.3 Å². The lowest BCUT2D eigenvalue weighted by Crippen LogP contribution is -2.12. The number of nitrogens with zero attached hydrogens (tertiary/aromatic N) is 2. The number of carbonyl (C=O) groups is 1. The number of aromatic amines is 1. The molecule has 1 aromatic heterocycles. The van der Waals surface area contributed by atoms with Gasteiger partial charge in [-0.1, -0.05) is 18.2 Å². The monoisotopic (exact) mass is 411 g/mol. The van der Waals surface area contributed by atoms with Gasteiger partial charge in [-0.25, -0.2) is 9.78 Å². The number of hydrogen-bond acceptors (Lipinski definition) is 5. The van der Waals surface area contributed by atoms with Crippen molar-refractivity contribution in [1.82, 2.24) is 9.97 Å². The highest BCUT2D eigenvalue weighted by molar-refractivity contribution is 9.10. The van der Waals surface area contributed by atoms with E-state index in [0.717, 1.165) is 16.6 Å². The van der Waals surface area contributed by atoms with E-state index < -0.39 is 5.97 Å². The van der Waals surface area contributed by atoms with E-state index in [4.69, 9.17) is 4.74 Å². The number of aromatic nitrogens is 2. The number of esters is 1. The predicted octanol–water partition coefficient (Wildman–Crippen LogP) is 3.94. The minimum atomic E-state index is -0.461. The van der Waals surface area contributed by atoms with Crippen LogP contribution in [-0.2, 0) is 9.53 Å². The number of fused-ring (bicyclic) bond motifs is 1. The number of rotatable bonds is 5. The molecule has 6 nitrogen and oxygen atoms in total. The van der Waals surface area contributed by atoms with Crippen LogP contribution in [0.2, 0.25) is 0 Å². The molecule has 1 N–H and O–H groups in total. The first-order chi connectivity index (χ1) is 12.6. The number of hydrogen-bond donors (Lipinski definition) is 1. The first-order valence-corrected chi connectivity index (χ1v) is 8.46. The summed E-state index contributed by atoms with van der Waals surface area (Å²) in [5, 5.41) is 9.50. The molecule has 0 aliphatic carbocycles. The zero-order valence-corrected chi connectivity index (χ0v) is 15.4. The number of para-hydroxylation sites is 2. The van der Waals surface area contributed by atoms with Gasteiger partial charge in [0.25, 0.3) is 0 Å². The molecule has 0 unspecified atom stereocenters. The number of ether oxygens (including phenoxy) is 2. The molecule has 1 heterocycles. The Hall–Kier alpha value is -3.11. The van der Waals surface area contributed by atoms with Gasteiger partial charge in [0.05, 0.1) is 28.2 Å². The van der Waals surface area contributed by atoms with Crippen LogP contribution in [0.4, 0.5) is 0 Å². The Bertz CT molecular complexity index is 1000. The third-order valence-corrected chi connectivity index (χ3v) is 4.22. The van der Waals surface area contributed by atoms with Crippen LogP contribution < -0.4 is 4.74 Å². The van der Waals surface area contributed by atoms with E-state index in [1.165, 1.54) is 7.11 Å². The van der Waals surface area contributed by atoms with E-state index in [2.05, 4.69) is 36.7 Å². The van der Waals surface area contributed by atoms with Gasteiger partial charge < -0.3 is 14.5 Å². The van der Waals surface area contributed by atoms with Crippen LogP contribution in [0.15, 0.2) is 46.9 Å². The molecule has 0 saturated carbocycles. The smallest absolute Gasteiger partial charge is 0.343 e. The molecule has 0 bridgehead atoms. The van der Waals surface area contributed by atoms with Gasteiger partial charge in [0.15, 0.2) is 6.61 Å². The van der Waals surface area contributed by atoms with Crippen molar-refractivity contribution in [3.8, 4) is 11.8 Å². The van der Waals surface area contributed by atoms with Crippen LogP contribution in [0.25, 0.3) is 22.7 Å². The molecule has 0 fully saturated rings. The summed E-state index contributed by atoms with van der Waals surface area (Å²) in [6.07, 6.45) is 1.73. The van der Waals surface area contributed by atoms with Crippen molar-refractivity contribution >= 4 is 44.6 Å². The normalized spacial score (nSPS) is 11.2. The second-order valence-corrected chi connectivity index (χ2v) is 6.18. The van der Waals surface area contributed by atoms with Crippen molar-refractivity contribution in [2.24, 2.45) is 0 Å². The average Bonchev–Trinajstić information content (AvgIpc) is 3.09. The highest BCUT2D eigenvalue weighted by atomic mass is 79.9. The van der Waals surface area contributed by atoms with Gasteiger partial charge in [0, 0.05) is 0 Å². The second kappa shape index (κ2) is 7.85. The Labute approximate surface area is 158 Å². The van der Waals surface area contributed by atoms with Gasteiger partial charge in [-0.2, -0.15) is 5.26 Å². The molecule has 130 valence electrons. The largest absolute Gasteiger partial charge is 0.481 e. The Morgan fingerprint density at radius 3 is 2.85 bits per heavy atom. The molecule has 0 spiro atoms. The molecule has 0 radical (unpaired) electrons. The molecule has 0 aliphatic heterocycles. The van der Waals surface area contributed by atoms with E-state index >= 15 is 0 Å². The number of nitrogens with one attached hydrogen (secondary N) is 1. The summed E-state index contributed by atoms with van der Waals surface area (Å²) in [4.78, 5) is 18.7. The third-order valence-electron chi connectivity index (χ3n) is 3.61. The summed E-state index contributed by atoms with van der Waals surface area (Å²) in [5.74, 6) is 0.558. The highest BCUT2D eigenvalue weighted by Crippen LogP contribution is 2.28. The van der Waals surface area contributed by atoms with Gasteiger partial charge in [0.2, 0.25) is 0 Å². The molecule has 2 aromatic carbocycles. The molecule has 0 aliphatic rings.